The van der Waals surface area contributed by atoms with Gasteiger partial charge in [-0.1, -0.05) is 0 Å². The molecule has 1 amide bonds. The Labute approximate surface area is 328 Å². The highest BCUT2D eigenvalue weighted by molar-refractivity contribution is 6.05. The van der Waals surface area contributed by atoms with Crippen molar-refractivity contribution in [2.75, 3.05) is 47.0 Å². The van der Waals surface area contributed by atoms with E-state index in [9.17, 15) is 35.9 Å². The van der Waals surface area contributed by atoms with Crippen LogP contribution in [0.5, 0.6) is 11.5 Å². The topological polar surface area (TPSA) is 220 Å². The molecule has 4 N–H and O–H groups in total. The van der Waals surface area contributed by atoms with E-state index < -0.39 is 59.0 Å². The van der Waals surface area contributed by atoms with E-state index in [0.29, 0.717) is 30.5 Å². The van der Waals surface area contributed by atoms with Crippen LogP contribution in [0.2, 0.25) is 0 Å². The van der Waals surface area contributed by atoms with E-state index in [1.165, 1.54) is 49.7 Å². The number of nitrogen functional groups attached to an aromatic ring is 1. The third kappa shape index (κ3) is 10.4. The number of aromatic nitrogens is 8. The van der Waals surface area contributed by atoms with Crippen molar-refractivity contribution in [3.05, 3.63) is 133 Å². The fraction of sp³-hybridized carbons (Fsp3) is 0.167. The summed E-state index contributed by atoms with van der Waals surface area (Å²) in [5, 5.41) is 11.6. The minimum Gasteiger partial charge on any atom is -0.487 e. The minimum atomic E-state index is -1.56. The molecule has 6 aromatic rings. The smallest absolute Gasteiger partial charge is 0.358 e. The van der Waals surface area contributed by atoms with Gasteiger partial charge >= 0.3 is 5.97 Å². The molecule has 0 saturated carbocycles. The van der Waals surface area contributed by atoms with Crippen LogP contribution in [0.1, 0.15) is 21.0 Å². The number of nitrogens with two attached hydrogens (primary N) is 1. The third-order valence-corrected chi connectivity index (χ3v) is 8.02. The van der Waals surface area contributed by atoms with Gasteiger partial charge in [-0.2, -0.15) is 0 Å². The summed E-state index contributed by atoms with van der Waals surface area (Å²) in [4.78, 5) is 57.9. The average molecular weight is 823 g/mol. The van der Waals surface area contributed by atoms with Crippen molar-refractivity contribution in [3.63, 3.8) is 0 Å². The van der Waals surface area contributed by atoms with Crippen LogP contribution < -0.4 is 30.3 Å². The van der Waals surface area contributed by atoms with Crippen molar-refractivity contribution in [3.8, 4) is 11.5 Å². The highest BCUT2D eigenvalue weighted by Crippen LogP contribution is 2.28. The van der Waals surface area contributed by atoms with Crippen LogP contribution in [0.3, 0.4) is 0 Å². The second kappa shape index (κ2) is 18.5. The van der Waals surface area contributed by atoms with E-state index in [-0.39, 0.29) is 41.8 Å². The summed E-state index contributed by atoms with van der Waals surface area (Å²) < 4.78 is 89.5. The number of halogens is 6. The number of hydrogen-bond acceptors (Lipinski definition) is 15. The summed E-state index contributed by atoms with van der Waals surface area (Å²) in [6.45, 7) is 1.12. The Morgan fingerprint density at radius 3 is 1.47 bits per heavy atom. The van der Waals surface area contributed by atoms with Crippen LogP contribution in [-0.2, 0) is 0 Å². The standard InChI is InChI=1S/C18H13F3N6O2.C14H10F3N3O3.C4H5N3/c19-12-5-10(6-13(20)15(12)21)29-11-7-27(8-11)17-16(23-3-4-24-17)18(28)26-14-1-2-22-9-25-14;15-9-3-7(4-10(16)11(9)17)23-8-5-20(6-8)13-12(14(21)22)18-1-2-19-13;5-4-1-2-6-3-7-4/h1-6,9,11H,7-8H2,(H,22,25,26,28);1-4,8H,5-6H2,(H,21,22);1-3H,(H2,5,6,7). The molecule has 0 aliphatic carbocycles. The summed E-state index contributed by atoms with van der Waals surface area (Å²) in [5.41, 5.74) is 5.10. The molecule has 0 spiro atoms. The SMILES string of the molecule is Nc1ccncn1.O=C(Nc1ccncn1)c1nccnc1N1CC(Oc2cc(F)c(F)c(F)c2)C1.O=C(O)c1nccnc1N1CC(Oc2cc(F)c(F)c(F)c2)C1. The molecule has 0 unspecified atom stereocenters. The van der Waals surface area contributed by atoms with E-state index >= 15 is 0 Å². The van der Waals surface area contributed by atoms with Crippen molar-refractivity contribution >= 4 is 35.1 Å². The molecule has 8 rings (SSSR count). The fourth-order valence-electron chi connectivity index (χ4n) is 5.23. The van der Waals surface area contributed by atoms with Crippen LogP contribution in [0.25, 0.3) is 0 Å². The van der Waals surface area contributed by atoms with E-state index in [2.05, 4.69) is 45.2 Å². The minimum absolute atomic E-state index is 0.0865. The highest BCUT2D eigenvalue weighted by atomic mass is 19.2. The molecule has 2 fully saturated rings. The summed E-state index contributed by atoms with van der Waals surface area (Å²) in [5.74, 6) is -9.05. The van der Waals surface area contributed by atoms with E-state index in [4.69, 9.17) is 20.3 Å². The molecular weight excluding hydrogens is 794 g/mol. The van der Waals surface area contributed by atoms with Crippen LogP contribution in [0, 0.1) is 34.9 Å². The Bertz CT molecular complexity index is 2370. The molecule has 23 heteroatoms. The van der Waals surface area contributed by atoms with Crippen molar-refractivity contribution in [2.45, 2.75) is 12.2 Å². The first-order valence-corrected chi connectivity index (χ1v) is 16.9. The van der Waals surface area contributed by atoms with Gasteiger partial charge in [0.25, 0.3) is 5.91 Å². The largest absolute Gasteiger partial charge is 0.487 e. The average Bonchev–Trinajstić information content (AvgIpc) is 3.19. The van der Waals surface area contributed by atoms with Crippen LogP contribution >= 0.6 is 0 Å². The predicted molar refractivity (Wildman–Crippen MR) is 193 cm³/mol. The summed E-state index contributed by atoms with van der Waals surface area (Å²) in [6.07, 6.45) is 10.4. The Morgan fingerprint density at radius 1 is 0.627 bits per heavy atom. The van der Waals surface area contributed by atoms with Crippen LogP contribution in [-0.4, -0.2) is 95.2 Å². The van der Waals surface area contributed by atoms with Crippen molar-refractivity contribution in [2.24, 2.45) is 0 Å². The molecule has 0 radical (unpaired) electrons. The summed E-state index contributed by atoms with van der Waals surface area (Å²) >= 11 is 0. The van der Waals surface area contributed by atoms with Gasteiger partial charge in [0, 0.05) is 61.4 Å². The lowest BCUT2D eigenvalue weighted by Crippen LogP contribution is -2.54. The number of carboxylic acids is 1. The van der Waals surface area contributed by atoms with Gasteiger partial charge in [0.15, 0.2) is 57.9 Å². The monoisotopic (exact) mass is 822 g/mol. The van der Waals surface area contributed by atoms with E-state index in [1.54, 1.807) is 22.1 Å². The van der Waals surface area contributed by atoms with Gasteiger partial charge in [0.1, 0.15) is 48.0 Å². The molecular formula is C36H28F6N12O5. The molecule has 2 aliphatic heterocycles. The number of anilines is 4. The molecule has 59 heavy (non-hydrogen) atoms. The highest BCUT2D eigenvalue weighted by Gasteiger charge is 2.34. The lowest BCUT2D eigenvalue weighted by molar-refractivity contribution is 0.0689. The fourth-order valence-corrected chi connectivity index (χ4v) is 5.23. The first-order valence-electron chi connectivity index (χ1n) is 16.9. The third-order valence-electron chi connectivity index (χ3n) is 8.02. The molecule has 0 atom stereocenters. The number of nitrogens with one attached hydrogen (secondary N) is 1. The number of aromatic carboxylic acids is 1. The van der Waals surface area contributed by atoms with Gasteiger partial charge in [-0.05, 0) is 12.1 Å². The summed E-state index contributed by atoms with van der Waals surface area (Å²) in [6, 6.07) is 6.24. The molecule has 2 aromatic carbocycles. The molecule has 2 saturated heterocycles. The Balaban J connectivity index is 0.000000173. The number of ether oxygens (including phenoxy) is 2. The summed E-state index contributed by atoms with van der Waals surface area (Å²) in [7, 11) is 0. The predicted octanol–water partition coefficient (Wildman–Crippen LogP) is 4.12. The zero-order chi connectivity index (χ0) is 42.1. The second-order valence-electron chi connectivity index (χ2n) is 12.1. The van der Waals surface area contributed by atoms with Gasteiger partial charge in [-0.15, -0.1) is 0 Å². The Morgan fingerprint density at radius 2 is 1.07 bits per heavy atom. The first kappa shape index (κ1) is 40.9. The number of carboxylic acid groups (broad SMARTS) is 1. The van der Waals surface area contributed by atoms with Crippen LogP contribution in [0.15, 0.2) is 86.2 Å². The van der Waals surface area contributed by atoms with Crippen molar-refractivity contribution < 1.29 is 50.5 Å². The lowest BCUT2D eigenvalue weighted by Gasteiger charge is -2.40. The maximum atomic E-state index is 13.3. The van der Waals surface area contributed by atoms with E-state index in [0.717, 1.165) is 24.3 Å². The van der Waals surface area contributed by atoms with Crippen LogP contribution in [0.4, 0.5) is 49.6 Å². The number of hydrogen-bond donors (Lipinski definition) is 3. The molecule has 17 nitrogen and oxygen atoms in total. The van der Waals surface area contributed by atoms with Gasteiger partial charge in [-0.25, -0.2) is 71.0 Å². The molecule has 4 aromatic heterocycles. The maximum Gasteiger partial charge on any atom is 0.358 e. The van der Waals surface area contributed by atoms with Gasteiger partial charge in [0.05, 0.1) is 26.2 Å². The normalized spacial score (nSPS) is 13.4. The van der Waals surface area contributed by atoms with Crippen molar-refractivity contribution in [1.82, 2.24) is 39.9 Å². The number of carbonyl (C=O) groups is 2. The zero-order valence-corrected chi connectivity index (χ0v) is 30.0. The Kier molecular flexibility index (Phi) is 12.8. The molecule has 304 valence electrons. The second-order valence-corrected chi connectivity index (χ2v) is 12.1. The molecule has 2 aliphatic rings. The zero-order valence-electron chi connectivity index (χ0n) is 30.0. The van der Waals surface area contributed by atoms with E-state index in [1.807, 2.05) is 0 Å². The first-order chi connectivity index (χ1) is 28.4. The molecule has 0 bridgehead atoms. The maximum absolute atomic E-state index is 13.3. The van der Waals surface area contributed by atoms with Gasteiger partial charge in [-0.3, -0.25) is 4.79 Å². The quantitative estimate of drug-likeness (QED) is 0.138. The van der Waals surface area contributed by atoms with Gasteiger partial charge < -0.3 is 35.4 Å². The number of rotatable bonds is 9. The molecule has 6 heterocycles. The van der Waals surface area contributed by atoms with Crippen molar-refractivity contribution in [1.29, 1.82) is 0 Å². The number of carbonyl (C=O) groups excluding carboxylic acids is 1. The number of benzene rings is 2. The number of amides is 1. The lowest BCUT2D eigenvalue weighted by atomic mass is 10.1. The Hall–Kier alpha value is -7.72. The van der Waals surface area contributed by atoms with Gasteiger partial charge in [0.2, 0.25) is 0 Å². The number of nitrogens with zero attached hydrogens (tertiary/aromatic N) is 10.